The third-order valence-corrected chi connectivity index (χ3v) is 8.09. The van der Waals surface area contributed by atoms with Crippen molar-refractivity contribution in [2.45, 2.75) is 28.7 Å². The predicted octanol–water partition coefficient (Wildman–Crippen LogP) is 3.04. The molecule has 10 heteroatoms. The smallest absolute Gasteiger partial charge is 1.00 e. The number of aliphatic hydroxyl groups excluding tert-OH is 1. The molecule has 7 nitrogen and oxygen atoms in total. The van der Waals surface area contributed by atoms with Crippen molar-refractivity contribution >= 4 is 27.4 Å². The number of benzene rings is 4. The van der Waals surface area contributed by atoms with Crippen LogP contribution in [0.1, 0.15) is 35.4 Å². The van der Waals surface area contributed by atoms with Crippen LogP contribution in [0.3, 0.4) is 0 Å². The van der Waals surface area contributed by atoms with Gasteiger partial charge in [0.2, 0.25) is 9.84 Å². The predicted molar refractivity (Wildman–Crippen MR) is 151 cm³/mol. The van der Waals surface area contributed by atoms with Gasteiger partial charge in [0.05, 0.1) is 15.9 Å². The number of para-hydroxylation sites is 1. The largest absolute Gasteiger partial charge is 1.00 e. The van der Waals surface area contributed by atoms with E-state index in [9.17, 15) is 23.4 Å². The van der Waals surface area contributed by atoms with Crippen LogP contribution in [0.5, 0.6) is 11.5 Å². The van der Waals surface area contributed by atoms with Gasteiger partial charge in [0.1, 0.15) is 17.1 Å². The summed E-state index contributed by atoms with van der Waals surface area (Å²) in [5.41, 5.74) is 1.73. The zero-order valence-electron chi connectivity index (χ0n) is 23.0. The van der Waals surface area contributed by atoms with Gasteiger partial charge in [-0.25, -0.2) is 13.2 Å². The molecule has 0 heterocycles. The second kappa shape index (κ2) is 14.8. The van der Waals surface area contributed by atoms with Crippen LogP contribution in [0.25, 0.3) is 0 Å². The number of hydrogen-bond donors (Lipinski definition) is 3. The Bertz CT molecular complexity index is 1550. The van der Waals surface area contributed by atoms with Crippen LogP contribution in [0.15, 0.2) is 107 Å². The van der Waals surface area contributed by atoms with E-state index in [1.54, 1.807) is 66.7 Å². The number of aryl methyl sites for hydroxylation is 1. The zero-order valence-corrected chi connectivity index (χ0v) is 25.5. The Kier molecular flexibility index (Phi) is 11.8. The maximum Gasteiger partial charge on any atom is 1.00 e. The average molecular weight is 590 g/mol. The van der Waals surface area contributed by atoms with E-state index in [1.165, 1.54) is 24.3 Å². The Morgan fingerprint density at radius 1 is 0.925 bits per heavy atom. The van der Waals surface area contributed by atoms with Crippen molar-refractivity contribution in [3.63, 3.8) is 0 Å². The molecule has 204 valence electrons. The Balaban J connectivity index is 0.00000294. The molecule has 1 atom stereocenters. The molecule has 3 N–H and O–H groups in total. The van der Waals surface area contributed by atoms with Gasteiger partial charge in [-0.15, -0.1) is 0 Å². The molecule has 0 amide bonds. The van der Waals surface area contributed by atoms with Crippen LogP contribution in [0, 0.1) is 0 Å². The van der Waals surface area contributed by atoms with Gasteiger partial charge in [0, 0.05) is 11.6 Å². The van der Waals surface area contributed by atoms with Crippen molar-refractivity contribution in [2.24, 2.45) is 0 Å². The minimum Gasteiger partial charge on any atom is -1.00 e. The number of aliphatic hydroxyl groups is 1. The van der Waals surface area contributed by atoms with E-state index >= 15 is 0 Å². The molecule has 0 spiro atoms. The molecule has 0 unspecified atom stereocenters. The van der Waals surface area contributed by atoms with Gasteiger partial charge >= 0.3 is 35.5 Å². The van der Waals surface area contributed by atoms with Gasteiger partial charge in [-0.05, 0) is 85.1 Å². The van der Waals surface area contributed by atoms with E-state index < -0.39 is 21.9 Å². The van der Waals surface area contributed by atoms with Crippen molar-refractivity contribution in [1.29, 1.82) is 0 Å². The number of halogens is 1. The molecule has 0 saturated carbocycles. The molecule has 4 rings (SSSR count). The summed E-state index contributed by atoms with van der Waals surface area (Å²) in [6.07, 6.45) is 0.905. The molecular weight excluding hydrogens is 561 g/mol. The fourth-order valence-corrected chi connectivity index (χ4v) is 5.52. The molecule has 0 aliphatic rings. The summed E-state index contributed by atoms with van der Waals surface area (Å²) in [5.74, 6) is -0.799. The van der Waals surface area contributed by atoms with Crippen molar-refractivity contribution < 1.29 is 59.1 Å². The molecule has 40 heavy (non-hydrogen) atoms. The summed E-state index contributed by atoms with van der Waals surface area (Å²) in [6, 6.07) is 26.0. The van der Waals surface area contributed by atoms with Gasteiger partial charge in [-0.3, -0.25) is 0 Å². The van der Waals surface area contributed by atoms with Crippen LogP contribution in [0.2, 0.25) is 5.02 Å². The molecule has 0 saturated heterocycles. The van der Waals surface area contributed by atoms with Crippen LogP contribution in [-0.4, -0.2) is 37.7 Å². The summed E-state index contributed by atoms with van der Waals surface area (Å²) in [4.78, 5) is 11.6. The van der Waals surface area contributed by atoms with Crippen LogP contribution in [-0.2, 0) is 16.3 Å². The second-order valence-corrected chi connectivity index (χ2v) is 11.3. The molecule has 0 aromatic heterocycles. The summed E-state index contributed by atoms with van der Waals surface area (Å²) < 4.78 is 32.2. The molecule has 4 aromatic carbocycles. The number of carbonyl (C=O) groups is 1. The first-order valence-electron chi connectivity index (χ1n) is 12.3. The molecule has 0 radical (unpaired) electrons. The van der Waals surface area contributed by atoms with Gasteiger partial charge in [-0.2, -0.15) is 0 Å². The van der Waals surface area contributed by atoms with E-state index in [0.29, 0.717) is 18.1 Å². The van der Waals surface area contributed by atoms with Crippen LogP contribution in [0.4, 0.5) is 0 Å². The Hall–Kier alpha value is -2.69. The third kappa shape index (κ3) is 8.41. The fraction of sp³-hybridized carbons (Fsp3) is 0.167. The summed E-state index contributed by atoms with van der Waals surface area (Å²) in [5, 5.41) is 23.4. The molecular formula is C30H29ClNNaO6S. The van der Waals surface area contributed by atoms with Crippen molar-refractivity contribution in [2.75, 3.05) is 13.1 Å². The first-order valence-corrected chi connectivity index (χ1v) is 14.2. The zero-order chi connectivity index (χ0) is 27.8. The molecule has 0 aliphatic heterocycles. The van der Waals surface area contributed by atoms with Crippen molar-refractivity contribution in [3.05, 3.63) is 119 Å². The number of sulfone groups is 1. The second-order valence-electron chi connectivity index (χ2n) is 8.90. The van der Waals surface area contributed by atoms with Gasteiger partial charge in [-0.1, -0.05) is 54.1 Å². The Morgan fingerprint density at radius 2 is 1.65 bits per heavy atom. The maximum absolute atomic E-state index is 13.2. The topological polar surface area (TPSA) is 113 Å². The molecule has 0 bridgehead atoms. The number of ether oxygens (including phenoxy) is 1. The quantitative estimate of drug-likeness (QED) is 0.172. The standard InChI is InChI=1S/C30H28ClNO6S.Na.H/c31-23-8-3-7-22(18-23)28(33)20-32-17-5-6-21-13-15-25(16-14-21)39(36,37)26-10-4-9-24(19-26)38-29-12-2-1-11-27(29)30(34)35;;/h1-4,7-16,18-19,28,32-33H,5-6,17,20H2,(H,34,35);;/q;+1;-1/t28-;;/m1../s1. The van der Waals surface area contributed by atoms with E-state index in [2.05, 4.69) is 5.32 Å². The number of carboxylic acid groups (broad SMARTS) is 1. The van der Waals surface area contributed by atoms with Crippen molar-refractivity contribution in [1.82, 2.24) is 5.32 Å². The minimum atomic E-state index is -3.81. The third-order valence-electron chi connectivity index (χ3n) is 6.08. The van der Waals surface area contributed by atoms with E-state index in [-0.39, 0.29) is 57.8 Å². The number of aromatic carboxylic acids is 1. The fourth-order valence-electron chi connectivity index (χ4n) is 4.02. The normalized spacial score (nSPS) is 11.8. The van der Waals surface area contributed by atoms with Crippen LogP contribution >= 0.6 is 11.6 Å². The molecule has 4 aromatic rings. The summed E-state index contributed by atoms with van der Waals surface area (Å²) >= 11 is 5.97. The number of hydrogen-bond acceptors (Lipinski definition) is 6. The summed E-state index contributed by atoms with van der Waals surface area (Å²) in [7, 11) is -3.81. The summed E-state index contributed by atoms with van der Waals surface area (Å²) in [6.45, 7) is 1.09. The van der Waals surface area contributed by atoms with E-state index in [1.807, 2.05) is 6.07 Å². The van der Waals surface area contributed by atoms with E-state index in [4.69, 9.17) is 16.3 Å². The van der Waals surface area contributed by atoms with E-state index in [0.717, 1.165) is 24.0 Å². The number of nitrogens with one attached hydrogen (secondary N) is 1. The SMILES string of the molecule is O=C(O)c1ccccc1Oc1cccc(S(=O)(=O)c2ccc(CCCNC[C@@H](O)c3cccc(Cl)c3)cc2)c1.[H-].[Na+]. The molecule has 0 aliphatic carbocycles. The number of rotatable bonds is 12. The minimum absolute atomic E-state index is 0. The van der Waals surface area contributed by atoms with Gasteiger partial charge in [0.15, 0.2) is 0 Å². The van der Waals surface area contributed by atoms with Crippen molar-refractivity contribution in [3.8, 4) is 11.5 Å². The Morgan fingerprint density at radius 3 is 2.38 bits per heavy atom. The number of carboxylic acids is 1. The first kappa shape index (κ1) is 31.8. The Labute approximate surface area is 262 Å². The van der Waals surface area contributed by atoms with Gasteiger partial charge < -0.3 is 21.7 Å². The molecule has 0 fully saturated rings. The van der Waals surface area contributed by atoms with Gasteiger partial charge in [0.25, 0.3) is 0 Å². The first-order chi connectivity index (χ1) is 18.7. The monoisotopic (exact) mass is 589 g/mol. The maximum atomic E-state index is 13.2. The average Bonchev–Trinajstić information content (AvgIpc) is 2.93. The van der Waals surface area contributed by atoms with Crippen LogP contribution < -0.4 is 39.6 Å².